The van der Waals surface area contributed by atoms with Gasteiger partial charge in [-0.2, -0.15) is 0 Å². The molecule has 0 spiro atoms. The van der Waals surface area contributed by atoms with Gasteiger partial charge in [0.1, 0.15) is 6.10 Å². The minimum absolute atomic E-state index is 0.0908. The van der Waals surface area contributed by atoms with Crippen LogP contribution in [0.5, 0.6) is 0 Å². The van der Waals surface area contributed by atoms with Crippen LogP contribution < -0.4 is 5.73 Å². The normalized spacial score (nSPS) is 13.6. The number of hydrogen-bond acceptors (Lipinski definition) is 5. The number of carbonyl (C=O) groups is 1. The van der Waals surface area contributed by atoms with E-state index in [4.69, 9.17) is 15.2 Å². The van der Waals surface area contributed by atoms with Gasteiger partial charge in [-0.05, 0) is 6.07 Å². The van der Waals surface area contributed by atoms with E-state index in [9.17, 15) is 13.2 Å². The van der Waals surface area contributed by atoms with Gasteiger partial charge >= 0.3 is 6.09 Å². The van der Waals surface area contributed by atoms with Crippen LogP contribution in [0.25, 0.3) is 0 Å². The molecule has 124 valence electrons. The first-order chi connectivity index (χ1) is 10.1. The van der Waals surface area contributed by atoms with Crippen LogP contribution in [0.2, 0.25) is 0 Å². The quantitative estimate of drug-likeness (QED) is 0.864. The van der Waals surface area contributed by atoms with Crippen molar-refractivity contribution in [3.63, 3.8) is 0 Å². The zero-order valence-electron chi connectivity index (χ0n) is 13.3. The lowest BCUT2D eigenvalue weighted by molar-refractivity contribution is 0.0341. The summed E-state index contributed by atoms with van der Waals surface area (Å²) < 4.78 is 35.0. The number of ether oxygens (including phenoxy) is 2. The Labute approximate surface area is 131 Å². The fourth-order valence-electron chi connectivity index (χ4n) is 2.11. The number of rotatable bonds is 6. The van der Waals surface area contributed by atoms with Crippen molar-refractivity contribution >= 4 is 15.9 Å². The van der Waals surface area contributed by atoms with Crippen molar-refractivity contribution in [1.29, 1.82) is 0 Å². The lowest BCUT2D eigenvalue weighted by atomic mass is 9.84. The van der Waals surface area contributed by atoms with Crippen molar-refractivity contribution < 1.29 is 22.7 Å². The third kappa shape index (κ3) is 4.71. The fourth-order valence-corrected chi connectivity index (χ4v) is 3.53. The van der Waals surface area contributed by atoms with E-state index in [1.807, 2.05) is 20.8 Å². The first-order valence-electron chi connectivity index (χ1n) is 6.86. The molecular weight excluding hydrogens is 306 g/mol. The molecule has 1 aromatic rings. The summed E-state index contributed by atoms with van der Waals surface area (Å²) in [7, 11) is -2.11. The van der Waals surface area contributed by atoms with Gasteiger partial charge in [0, 0.05) is 18.1 Å². The third-order valence-corrected chi connectivity index (χ3v) is 4.86. The van der Waals surface area contributed by atoms with Crippen molar-refractivity contribution in [1.82, 2.24) is 0 Å². The van der Waals surface area contributed by atoms with Crippen molar-refractivity contribution in [2.75, 3.05) is 19.5 Å². The second-order valence-electron chi connectivity index (χ2n) is 6.03. The maximum atomic E-state index is 12.5. The van der Waals surface area contributed by atoms with E-state index >= 15 is 0 Å². The Morgan fingerprint density at radius 1 is 1.27 bits per heavy atom. The minimum atomic E-state index is -3.55. The molecular formula is C15H23NO5S. The van der Waals surface area contributed by atoms with Crippen LogP contribution in [0, 0.1) is 5.41 Å². The topological polar surface area (TPSA) is 95.7 Å². The number of methoxy groups -OCH3 is 1. The van der Waals surface area contributed by atoms with Gasteiger partial charge in [-0.15, -0.1) is 0 Å². The molecule has 1 unspecified atom stereocenters. The van der Waals surface area contributed by atoms with E-state index in [0.717, 1.165) is 0 Å². The molecule has 0 aromatic heterocycles. The molecule has 0 radical (unpaired) electrons. The highest BCUT2D eigenvalue weighted by molar-refractivity contribution is 7.91. The predicted molar refractivity (Wildman–Crippen MR) is 83.2 cm³/mol. The predicted octanol–water partition coefficient (Wildman–Crippen LogP) is 2.29. The summed E-state index contributed by atoms with van der Waals surface area (Å²) in [6.45, 7) is 5.63. The van der Waals surface area contributed by atoms with Gasteiger partial charge in [-0.25, -0.2) is 13.2 Å². The second kappa shape index (κ2) is 7.11. The number of hydrogen-bond donors (Lipinski definition) is 1. The molecule has 2 N–H and O–H groups in total. The summed E-state index contributed by atoms with van der Waals surface area (Å²) in [5.41, 5.74) is 5.05. The molecule has 0 aliphatic carbocycles. The summed E-state index contributed by atoms with van der Waals surface area (Å²) in [6, 6.07) is 6.48. The first-order valence-corrected chi connectivity index (χ1v) is 8.51. The highest BCUT2D eigenvalue weighted by atomic mass is 32.2. The van der Waals surface area contributed by atoms with Gasteiger partial charge < -0.3 is 15.2 Å². The van der Waals surface area contributed by atoms with Gasteiger partial charge in [0.05, 0.1) is 17.3 Å². The van der Waals surface area contributed by atoms with Crippen LogP contribution >= 0.6 is 0 Å². The average Bonchev–Trinajstić information content (AvgIpc) is 2.41. The number of amides is 1. The molecule has 1 aromatic carbocycles. The Hall–Kier alpha value is -1.60. The Morgan fingerprint density at radius 3 is 2.36 bits per heavy atom. The number of carbonyl (C=O) groups excluding carboxylic acids is 1. The maximum Gasteiger partial charge on any atom is 0.405 e. The van der Waals surface area contributed by atoms with Crippen LogP contribution in [-0.2, 0) is 19.3 Å². The van der Waals surface area contributed by atoms with Crippen LogP contribution in [-0.4, -0.2) is 34.0 Å². The SMILES string of the molecule is COCCS(=O)(=O)c1ccccc1C(OC(N)=O)C(C)(C)C. The van der Waals surface area contributed by atoms with Crippen LogP contribution in [0.4, 0.5) is 4.79 Å². The highest BCUT2D eigenvalue weighted by Gasteiger charge is 2.33. The van der Waals surface area contributed by atoms with E-state index in [-0.39, 0.29) is 17.3 Å². The van der Waals surface area contributed by atoms with Gasteiger partial charge in [0.2, 0.25) is 0 Å². The fraction of sp³-hybridized carbons (Fsp3) is 0.533. The van der Waals surface area contributed by atoms with E-state index in [2.05, 4.69) is 0 Å². The van der Waals surface area contributed by atoms with Gasteiger partial charge in [-0.1, -0.05) is 39.0 Å². The molecule has 6 nitrogen and oxygen atoms in total. The van der Waals surface area contributed by atoms with Gasteiger partial charge in [0.15, 0.2) is 9.84 Å². The molecule has 22 heavy (non-hydrogen) atoms. The van der Waals surface area contributed by atoms with Crippen molar-refractivity contribution in [2.24, 2.45) is 11.1 Å². The standard InChI is InChI=1S/C15H23NO5S/c1-15(2,3)13(21-14(16)17)11-7-5-6-8-12(11)22(18,19)10-9-20-4/h5-8,13H,9-10H2,1-4H3,(H2,16,17). The van der Waals surface area contributed by atoms with E-state index in [0.29, 0.717) is 5.56 Å². The number of sulfone groups is 1. The molecule has 1 rings (SSSR count). The minimum Gasteiger partial charge on any atom is -0.441 e. The zero-order chi connectivity index (χ0) is 17.0. The van der Waals surface area contributed by atoms with Gasteiger partial charge in [0.25, 0.3) is 0 Å². The van der Waals surface area contributed by atoms with Crippen LogP contribution in [0.15, 0.2) is 29.2 Å². The summed E-state index contributed by atoms with van der Waals surface area (Å²) >= 11 is 0. The molecule has 0 aliphatic rings. The molecule has 0 heterocycles. The average molecular weight is 329 g/mol. The maximum absolute atomic E-state index is 12.5. The van der Waals surface area contributed by atoms with Gasteiger partial charge in [-0.3, -0.25) is 0 Å². The first kappa shape index (κ1) is 18.4. The van der Waals surface area contributed by atoms with Crippen LogP contribution in [0.3, 0.4) is 0 Å². The Morgan fingerprint density at radius 2 is 1.86 bits per heavy atom. The smallest absolute Gasteiger partial charge is 0.405 e. The molecule has 7 heteroatoms. The third-order valence-electron chi connectivity index (χ3n) is 3.11. The van der Waals surface area contributed by atoms with Crippen LogP contribution in [0.1, 0.15) is 32.4 Å². The highest BCUT2D eigenvalue weighted by Crippen LogP contribution is 2.39. The second-order valence-corrected chi connectivity index (χ2v) is 8.11. The lowest BCUT2D eigenvalue weighted by Crippen LogP contribution is -2.28. The van der Waals surface area contributed by atoms with Crippen molar-refractivity contribution in [3.8, 4) is 0 Å². The number of benzene rings is 1. The Balaban J connectivity index is 3.37. The van der Waals surface area contributed by atoms with Crippen molar-refractivity contribution in [3.05, 3.63) is 29.8 Å². The van der Waals surface area contributed by atoms with Crippen molar-refractivity contribution in [2.45, 2.75) is 31.8 Å². The lowest BCUT2D eigenvalue weighted by Gasteiger charge is -2.31. The van der Waals surface area contributed by atoms with E-state index < -0.39 is 27.4 Å². The molecule has 0 bridgehead atoms. The number of nitrogens with two attached hydrogens (primary N) is 1. The zero-order valence-corrected chi connectivity index (χ0v) is 14.1. The summed E-state index contributed by atoms with van der Waals surface area (Å²) in [4.78, 5) is 11.3. The molecule has 0 saturated heterocycles. The number of primary amides is 1. The molecule has 1 amide bonds. The molecule has 0 aliphatic heterocycles. The summed E-state index contributed by atoms with van der Waals surface area (Å²) in [5, 5.41) is 0. The summed E-state index contributed by atoms with van der Waals surface area (Å²) in [6.07, 6.45) is -1.71. The van der Waals surface area contributed by atoms with E-state index in [1.54, 1.807) is 18.2 Å². The monoisotopic (exact) mass is 329 g/mol. The Bertz CT molecular complexity index is 619. The molecule has 0 saturated carbocycles. The summed E-state index contributed by atoms with van der Waals surface area (Å²) in [5.74, 6) is -0.145. The largest absolute Gasteiger partial charge is 0.441 e. The Kier molecular flexibility index (Phi) is 5.96. The van der Waals surface area contributed by atoms with E-state index in [1.165, 1.54) is 13.2 Å². The molecule has 0 fully saturated rings. The molecule has 1 atom stereocenters.